The molecule has 14 nitrogen and oxygen atoms in total. The van der Waals surface area contributed by atoms with Crippen LogP contribution in [-0.2, 0) is 40.3 Å². The molecule has 0 aromatic heterocycles. The van der Waals surface area contributed by atoms with Crippen LogP contribution in [0.25, 0.3) is 0 Å². The summed E-state index contributed by atoms with van der Waals surface area (Å²) in [4.78, 5) is 38.5. The third-order valence-corrected chi connectivity index (χ3v) is 15.1. The first-order chi connectivity index (χ1) is 34.0. The molecule has 70 heavy (non-hydrogen) atoms. The van der Waals surface area contributed by atoms with Crippen LogP contribution < -0.4 is 39.0 Å². The van der Waals surface area contributed by atoms with Crippen LogP contribution >= 0.6 is 21.6 Å². The van der Waals surface area contributed by atoms with E-state index in [1.165, 1.54) is 0 Å². The Balaban J connectivity index is 1.08. The van der Waals surface area contributed by atoms with E-state index in [0.29, 0.717) is 98.2 Å². The van der Waals surface area contributed by atoms with Crippen molar-refractivity contribution in [3.8, 4) is 23.0 Å². The number of amides is 2. The van der Waals surface area contributed by atoms with Crippen LogP contribution in [0.1, 0.15) is 56.8 Å². The van der Waals surface area contributed by atoms with Gasteiger partial charge in [0.2, 0.25) is 0 Å². The number of ether oxygens (including phenoxy) is 7. The van der Waals surface area contributed by atoms with Crippen LogP contribution in [-0.4, -0.2) is 116 Å². The summed E-state index contributed by atoms with van der Waals surface area (Å²) in [5.74, 6) is 1.52. The first kappa shape index (κ1) is 50.5. The van der Waals surface area contributed by atoms with E-state index in [2.05, 4.69) is 66.3 Å². The van der Waals surface area contributed by atoms with Gasteiger partial charge in [-0.05, 0) is 104 Å². The molecule has 0 saturated heterocycles. The molecule has 0 fully saturated rings. The van der Waals surface area contributed by atoms with Gasteiger partial charge in [-0.1, -0.05) is 58.0 Å². The van der Waals surface area contributed by atoms with E-state index in [0.717, 1.165) is 58.7 Å². The topological polar surface area (TPSA) is 133 Å². The van der Waals surface area contributed by atoms with Crippen molar-refractivity contribution in [3.05, 3.63) is 124 Å². The number of hydrogen-bond donors (Lipinski definition) is 1. The molecule has 0 unspecified atom stereocenters. The second kappa shape index (κ2) is 23.3. The Morgan fingerprint density at radius 2 is 1.47 bits per heavy atom. The Morgan fingerprint density at radius 1 is 0.814 bits per heavy atom. The van der Waals surface area contributed by atoms with E-state index < -0.39 is 0 Å². The van der Waals surface area contributed by atoms with Gasteiger partial charge in [-0.3, -0.25) is 14.6 Å². The second-order valence-corrected chi connectivity index (χ2v) is 20.9. The molecule has 370 valence electrons. The molecule has 3 aliphatic rings. The van der Waals surface area contributed by atoms with E-state index in [1.807, 2.05) is 64.2 Å². The largest absolute Gasteiger partial charge is 0.493 e. The molecule has 0 spiro atoms. The Kier molecular flexibility index (Phi) is 16.8. The predicted molar refractivity (Wildman–Crippen MR) is 282 cm³/mol. The lowest BCUT2D eigenvalue weighted by Gasteiger charge is -2.34. The lowest BCUT2D eigenvalue weighted by atomic mass is 10.1. The van der Waals surface area contributed by atoms with Crippen molar-refractivity contribution < 1.29 is 42.7 Å². The van der Waals surface area contributed by atoms with Gasteiger partial charge in [0.25, 0.3) is 11.8 Å². The van der Waals surface area contributed by atoms with E-state index in [9.17, 15) is 9.59 Å². The number of aliphatic imine (C=N–C) groups is 1. The summed E-state index contributed by atoms with van der Waals surface area (Å²) in [6.07, 6.45) is 3.65. The molecule has 1 atom stereocenters. The van der Waals surface area contributed by atoms with Gasteiger partial charge in [-0.25, -0.2) is 0 Å². The highest BCUT2D eigenvalue weighted by atomic mass is 33.1. The molecule has 2 amide bonds. The fraction of sp³-hybridized carbons (Fsp3) is 0.389. The Bertz CT molecular complexity index is 2670. The van der Waals surface area contributed by atoms with Crippen molar-refractivity contribution in [3.63, 3.8) is 0 Å². The van der Waals surface area contributed by atoms with Gasteiger partial charge in [-0.2, -0.15) is 0 Å². The highest BCUT2D eigenvalue weighted by Crippen LogP contribution is 2.42. The molecule has 5 aromatic carbocycles. The summed E-state index contributed by atoms with van der Waals surface area (Å²) < 4.78 is 41.7. The maximum atomic E-state index is 14.2. The average Bonchev–Trinajstić information content (AvgIpc) is 3.95. The van der Waals surface area contributed by atoms with Crippen LogP contribution in [0.3, 0.4) is 0 Å². The van der Waals surface area contributed by atoms with Gasteiger partial charge in [0.15, 0.2) is 23.0 Å². The maximum absolute atomic E-state index is 14.2. The molecule has 16 heteroatoms. The minimum Gasteiger partial charge on any atom is -0.493 e. The number of rotatable bonds is 24. The lowest BCUT2D eigenvalue weighted by molar-refractivity contribution is 0.0264. The summed E-state index contributed by atoms with van der Waals surface area (Å²) >= 11 is 0. The maximum Gasteiger partial charge on any atom is 0.260 e. The molecule has 0 radical (unpaired) electrons. The monoisotopic (exact) mass is 989 g/mol. The van der Waals surface area contributed by atoms with Gasteiger partial charge in [-0.15, -0.1) is 0 Å². The Labute approximate surface area is 419 Å². The fourth-order valence-corrected chi connectivity index (χ4v) is 11.5. The van der Waals surface area contributed by atoms with E-state index in [4.69, 9.17) is 33.2 Å². The van der Waals surface area contributed by atoms with Crippen LogP contribution in [0.4, 0.5) is 28.4 Å². The Morgan fingerprint density at radius 3 is 2.17 bits per heavy atom. The molecule has 5 aromatic rings. The number of fused-ring (bicyclic) bond motifs is 5. The van der Waals surface area contributed by atoms with Crippen molar-refractivity contribution in [1.29, 1.82) is 0 Å². The van der Waals surface area contributed by atoms with Crippen LogP contribution in [0.5, 0.6) is 23.0 Å². The van der Waals surface area contributed by atoms with Crippen molar-refractivity contribution in [2.75, 3.05) is 107 Å². The molecule has 0 aliphatic carbocycles. The SMILES string of the molecule is C=Nc1cc(OCc2cc(COc3cc4c(cc3OC)C(=O)N3c5ccccc5C[C@H]3CN4)cc(N(CCOCCOCCOC)CC(C)(C)SSC)c2)c(OC)cc1C(=O)N1CCc2ccccc21. The number of carbonyl (C=O) groups excluding carboxylic acids is 2. The van der Waals surface area contributed by atoms with Gasteiger partial charge in [0.05, 0.1) is 75.8 Å². The summed E-state index contributed by atoms with van der Waals surface area (Å²) in [7, 11) is 8.36. The number of hydrogen-bond acceptors (Lipinski definition) is 14. The molecular weight excluding hydrogens is 927 g/mol. The summed E-state index contributed by atoms with van der Waals surface area (Å²) in [6, 6.07) is 29.4. The normalized spacial score (nSPS) is 14.8. The molecule has 1 N–H and O–H groups in total. The molecule has 0 saturated carbocycles. The lowest BCUT2D eigenvalue weighted by Crippen LogP contribution is -2.39. The number of nitrogens with zero attached hydrogens (tertiary/aromatic N) is 4. The summed E-state index contributed by atoms with van der Waals surface area (Å²) in [5, 5.41) is 3.54. The summed E-state index contributed by atoms with van der Waals surface area (Å²) in [5.41, 5.74) is 8.84. The zero-order valence-corrected chi connectivity index (χ0v) is 42.5. The number of benzene rings is 5. The average molecular weight is 990 g/mol. The second-order valence-electron chi connectivity index (χ2n) is 17.8. The van der Waals surface area contributed by atoms with Crippen LogP contribution in [0.15, 0.2) is 96.0 Å². The fourth-order valence-electron chi connectivity index (χ4n) is 9.29. The number of para-hydroxylation sites is 2. The highest BCUT2D eigenvalue weighted by molar-refractivity contribution is 8.77. The molecule has 3 aliphatic heterocycles. The first-order valence-corrected chi connectivity index (χ1v) is 26.1. The molecular formula is C54H63N5O9S2. The van der Waals surface area contributed by atoms with Crippen LogP contribution in [0, 0.1) is 0 Å². The van der Waals surface area contributed by atoms with Gasteiger partial charge >= 0.3 is 0 Å². The number of nitrogens with one attached hydrogen (secondary N) is 1. The third kappa shape index (κ3) is 11.6. The van der Waals surface area contributed by atoms with Crippen molar-refractivity contribution in [2.45, 2.75) is 50.7 Å². The van der Waals surface area contributed by atoms with Crippen molar-refractivity contribution >= 4 is 68.6 Å². The quantitative estimate of drug-likeness (QED) is 0.0358. The number of carbonyl (C=O) groups is 2. The van der Waals surface area contributed by atoms with Crippen molar-refractivity contribution in [1.82, 2.24) is 0 Å². The van der Waals surface area contributed by atoms with E-state index in [1.54, 1.807) is 55.2 Å². The van der Waals surface area contributed by atoms with Crippen molar-refractivity contribution in [2.24, 2.45) is 4.99 Å². The first-order valence-electron chi connectivity index (χ1n) is 23.5. The third-order valence-electron chi connectivity index (χ3n) is 12.5. The Hall–Kier alpha value is -5.91. The van der Waals surface area contributed by atoms with E-state index >= 15 is 0 Å². The minimum absolute atomic E-state index is 0.00830. The molecule has 0 bridgehead atoms. The van der Waals surface area contributed by atoms with E-state index in [-0.39, 0.29) is 35.8 Å². The standard InChI is InChI=1S/C54H63N5O9S2/c1-54(2,70-69-7)35-57(18-19-65-22-23-66-21-20-62-4)40-25-36(33-67-50-30-44(55-3)42(28-48(50)63-5)52(60)58-17-16-38-12-8-10-14-46(38)58)24-37(26-40)34-68-51-31-45-43(29-49(51)64-6)53(61)59-41(32-56-45)27-39-13-9-11-15-47(39)59/h8-15,24-26,28-31,41,56H,3,16-23,27,32-35H2,1-2,4-7H3/t41-/m0/s1. The predicted octanol–water partition coefficient (Wildman–Crippen LogP) is 9.67. The number of methoxy groups -OCH3 is 3. The zero-order chi connectivity index (χ0) is 49.2. The summed E-state index contributed by atoms with van der Waals surface area (Å²) in [6.45, 7) is 13.6. The van der Waals surface area contributed by atoms with Gasteiger partial charge in [0, 0.05) is 67.2 Å². The van der Waals surface area contributed by atoms with Gasteiger partial charge < -0.3 is 53.2 Å². The number of anilines is 4. The molecule has 8 rings (SSSR count). The zero-order valence-electron chi connectivity index (χ0n) is 40.9. The molecule has 3 heterocycles. The smallest absolute Gasteiger partial charge is 0.260 e. The highest BCUT2D eigenvalue weighted by Gasteiger charge is 2.38. The van der Waals surface area contributed by atoms with Gasteiger partial charge in [0.1, 0.15) is 13.2 Å². The minimum atomic E-state index is -0.181. The van der Waals surface area contributed by atoms with Crippen LogP contribution in [0.2, 0.25) is 0 Å².